The van der Waals surface area contributed by atoms with Gasteiger partial charge < -0.3 is 0 Å². The van der Waals surface area contributed by atoms with Crippen LogP contribution in [0.15, 0.2) is 58.4 Å². The van der Waals surface area contributed by atoms with Crippen molar-refractivity contribution in [3.8, 4) is 17.3 Å². The first-order valence-corrected chi connectivity index (χ1v) is 10.5. The third-order valence-corrected chi connectivity index (χ3v) is 5.96. The van der Waals surface area contributed by atoms with E-state index in [1.165, 1.54) is 11.3 Å². The van der Waals surface area contributed by atoms with Crippen molar-refractivity contribution in [3.63, 3.8) is 0 Å². The molecule has 4 rings (SSSR count). The number of thiazole rings is 1. The minimum Gasteiger partial charge on any atom is -0.235 e. The van der Waals surface area contributed by atoms with Crippen LogP contribution in [0.1, 0.15) is 16.1 Å². The Labute approximate surface area is 180 Å². The van der Waals surface area contributed by atoms with Gasteiger partial charge in [-0.3, -0.25) is 0 Å². The second-order valence-corrected chi connectivity index (χ2v) is 8.41. The Kier molecular flexibility index (Phi) is 5.27. The summed E-state index contributed by atoms with van der Waals surface area (Å²) in [5.74, 6) is 0. The summed E-state index contributed by atoms with van der Waals surface area (Å²) in [5.41, 5.74) is 4.97. The number of aryl methyl sites for hydroxylation is 1. The molecule has 0 aliphatic carbocycles. The third-order valence-electron chi connectivity index (χ3n) is 4.25. The Bertz CT molecular complexity index is 1250. The van der Waals surface area contributed by atoms with Crippen LogP contribution in [0.3, 0.4) is 0 Å². The van der Waals surface area contributed by atoms with Crippen LogP contribution >= 0.6 is 38.9 Å². The van der Waals surface area contributed by atoms with Gasteiger partial charge in [-0.1, -0.05) is 51.8 Å². The van der Waals surface area contributed by atoms with E-state index in [4.69, 9.17) is 11.6 Å². The Morgan fingerprint density at radius 1 is 1.14 bits per heavy atom. The van der Waals surface area contributed by atoms with Crippen molar-refractivity contribution in [2.24, 2.45) is 0 Å². The molecule has 3 nitrogen and oxygen atoms in total. The second kappa shape index (κ2) is 7.84. The van der Waals surface area contributed by atoms with Crippen LogP contribution in [0.2, 0.25) is 5.15 Å². The molecule has 0 N–H and O–H groups in total. The second-order valence-electron chi connectivity index (χ2n) is 6.28. The molecule has 6 heteroatoms. The molecular weight excluding hydrogens is 454 g/mol. The van der Waals surface area contributed by atoms with Gasteiger partial charge in [0.2, 0.25) is 0 Å². The molecule has 0 atom stereocenters. The molecule has 0 radical (unpaired) electrons. The van der Waals surface area contributed by atoms with E-state index in [1.807, 2.05) is 60.8 Å². The topological polar surface area (TPSA) is 49.6 Å². The predicted molar refractivity (Wildman–Crippen MR) is 120 cm³/mol. The Morgan fingerprint density at radius 3 is 2.68 bits per heavy atom. The lowest BCUT2D eigenvalue weighted by molar-refractivity contribution is 1.36. The van der Waals surface area contributed by atoms with Crippen molar-refractivity contribution in [1.82, 2.24) is 9.97 Å². The van der Waals surface area contributed by atoms with Gasteiger partial charge in [-0.25, -0.2) is 9.97 Å². The maximum Gasteiger partial charge on any atom is 0.137 e. The van der Waals surface area contributed by atoms with Gasteiger partial charge in [-0.05, 0) is 42.8 Å². The molecule has 28 heavy (non-hydrogen) atoms. The Morgan fingerprint density at radius 2 is 1.93 bits per heavy atom. The highest BCUT2D eigenvalue weighted by molar-refractivity contribution is 9.10. The fourth-order valence-electron chi connectivity index (χ4n) is 2.82. The van der Waals surface area contributed by atoms with Crippen LogP contribution in [0.5, 0.6) is 0 Å². The number of rotatable bonds is 3. The molecule has 0 amide bonds. The molecule has 0 aliphatic heterocycles. The van der Waals surface area contributed by atoms with Crippen molar-refractivity contribution in [2.45, 2.75) is 6.92 Å². The average Bonchev–Trinajstić information content (AvgIpc) is 3.17. The van der Waals surface area contributed by atoms with E-state index in [0.29, 0.717) is 21.3 Å². The monoisotopic (exact) mass is 465 g/mol. The Balaban J connectivity index is 1.73. The zero-order valence-corrected chi connectivity index (χ0v) is 17.9. The van der Waals surface area contributed by atoms with Crippen molar-refractivity contribution in [2.75, 3.05) is 0 Å². The van der Waals surface area contributed by atoms with Crippen LogP contribution in [-0.4, -0.2) is 9.97 Å². The maximum absolute atomic E-state index is 9.68. The number of nitriles is 1. The van der Waals surface area contributed by atoms with Gasteiger partial charge in [0.25, 0.3) is 0 Å². The SMILES string of the molecule is Cc1ccc2cc(C=C(C#N)c3nc(-c4ccc(Br)cc4)cs3)c(Cl)nc2c1. The average molecular weight is 467 g/mol. The van der Waals surface area contributed by atoms with Gasteiger partial charge in [0.05, 0.1) is 16.8 Å². The molecular formula is C22H13BrClN3S. The lowest BCUT2D eigenvalue weighted by Gasteiger charge is -2.04. The molecule has 2 heterocycles. The zero-order valence-electron chi connectivity index (χ0n) is 14.8. The van der Waals surface area contributed by atoms with Gasteiger partial charge in [-0.2, -0.15) is 5.26 Å². The number of pyridine rings is 1. The lowest BCUT2D eigenvalue weighted by Crippen LogP contribution is -1.88. The number of nitrogens with zero attached hydrogens (tertiary/aromatic N) is 3. The van der Waals surface area contributed by atoms with E-state index in [0.717, 1.165) is 32.2 Å². The number of hydrogen-bond acceptors (Lipinski definition) is 4. The van der Waals surface area contributed by atoms with Crippen LogP contribution in [0.25, 0.3) is 33.8 Å². The smallest absolute Gasteiger partial charge is 0.137 e. The predicted octanol–water partition coefficient (Wildman–Crippen LogP) is 7.15. The summed E-state index contributed by atoms with van der Waals surface area (Å²) in [5, 5.41) is 13.6. The summed E-state index contributed by atoms with van der Waals surface area (Å²) in [7, 11) is 0. The number of fused-ring (bicyclic) bond motifs is 1. The highest BCUT2D eigenvalue weighted by Crippen LogP contribution is 2.30. The fraction of sp³-hybridized carbons (Fsp3) is 0.0455. The summed E-state index contributed by atoms with van der Waals surface area (Å²) < 4.78 is 1.01. The van der Waals surface area contributed by atoms with Gasteiger partial charge in [-0.15, -0.1) is 11.3 Å². The molecule has 2 aromatic heterocycles. The number of halogens is 2. The summed E-state index contributed by atoms with van der Waals surface area (Å²) in [6.45, 7) is 2.02. The first-order chi connectivity index (χ1) is 13.5. The van der Waals surface area contributed by atoms with Gasteiger partial charge in [0.15, 0.2) is 0 Å². The molecule has 0 aliphatic rings. The molecule has 0 saturated carbocycles. The highest BCUT2D eigenvalue weighted by Gasteiger charge is 2.11. The number of benzene rings is 2. The van der Waals surface area contributed by atoms with Crippen molar-refractivity contribution >= 4 is 61.4 Å². The van der Waals surface area contributed by atoms with Crippen LogP contribution < -0.4 is 0 Å². The van der Waals surface area contributed by atoms with E-state index in [9.17, 15) is 5.26 Å². The Hall–Kier alpha value is -2.52. The first kappa shape index (κ1) is 18.8. The lowest BCUT2D eigenvalue weighted by atomic mass is 10.1. The number of aromatic nitrogens is 2. The van der Waals surface area contributed by atoms with E-state index < -0.39 is 0 Å². The standard InChI is InChI=1S/C22H13BrClN3S/c1-13-2-3-15-9-16(21(24)26-19(15)8-13)10-17(11-25)22-27-20(12-28-22)14-4-6-18(23)7-5-14/h2-10,12H,1H3. The summed E-state index contributed by atoms with van der Waals surface area (Å²) in [6.07, 6.45) is 1.75. The van der Waals surface area contributed by atoms with Crippen LogP contribution in [0, 0.1) is 18.3 Å². The first-order valence-electron chi connectivity index (χ1n) is 8.44. The van der Waals surface area contributed by atoms with Crippen molar-refractivity contribution in [3.05, 3.63) is 79.7 Å². The van der Waals surface area contributed by atoms with Crippen molar-refractivity contribution < 1.29 is 0 Å². The molecule has 0 saturated heterocycles. The zero-order chi connectivity index (χ0) is 19.7. The summed E-state index contributed by atoms with van der Waals surface area (Å²) in [4.78, 5) is 9.10. The summed E-state index contributed by atoms with van der Waals surface area (Å²) >= 11 is 11.2. The van der Waals surface area contributed by atoms with Gasteiger partial charge in [0.1, 0.15) is 16.2 Å². The minimum atomic E-state index is 0.371. The molecule has 0 bridgehead atoms. The fourth-order valence-corrected chi connectivity index (χ4v) is 4.08. The minimum absolute atomic E-state index is 0.371. The maximum atomic E-state index is 9.68. The van der Waals surface area contributed by atoms with E-state index >= 15 is 0 Å². The molecule has 4 aromatic rings. The largest absolute Gasteiger partial charge is 0.235 e. The normalized spacial score (nSPS) is 11.6. The van der Waals surface area contributed by atoms with Crippen LogP contribution in [-0.2, 0) is 0 Å². The quantitative estimate of drug-likeness (QED) is 0.238. The number of allylic oxidation sites excluding steroid dienone is 1. The third kappa shape index (κ3) is 3.85. The molecule has 2 aromatic carbocycles. The van der Waals surface area contributed by atoms with Crippen molar-refractivity contribution in [1.29, 1.82) is 5.26 Å². The highest BCUT2D eigenvalue weighted by atomic mass is 79.9. The molecule has 0 spiro atoms. The molecule has 136 valence electrons. The van der Waals surface area contributed by atoms with Gasteiger partial charge >= 0.3 is 0 Å². The van der Waals surface area contributed by atoms with E-state index in [2.05, 4.69) is 32.0 Å². The van der Waals surface area contributed by atoms with E-state index in [-0.39, 0.29) is 0 Å². The van der Waals surface area contributed by atoms with E-state index in [1.54, 1.807) is 6.08 Å². The summed E-state index contributed by atoms with van der Waals surface area (Å²) in [6, 6.07) is 18.1. The number of hydrogen-bond donors (Lipinski definition) is 0. The van der Waals surface area contributed by atoms with Crippen LogP contribution in [0.4, 0.5) is 0 Å². The molecule has 0 unspecified atom stereocenters. The van der Waals surface area contributed by atoms with Gasteiger partial charge in [0, 0.05) is 26.4 Å². The molecule has 0 fully saturated rings.